The third kappa shape index (κ3) is 4.43. The van der Waals surface area contributed by atoms with E-state index in [2.05, 4.69) is 10.2 Å². The minimum Gasteiger partial charge on any atom is -0.379 e. The SMILES string of the molecule is NCC(NC(=O)C1CC(=O)N(CCN2CCOCC2)C1)C1CC1. The molecule has 1 aliphatic carbocycles. The molecule has 2 heterocycles. The van der Waals surface area contributed by atoms with Crippen molar-refractivity contribution in [1.82, 2.24) is 15.1 Å². The number of carbonyl (C=O) groups is 2. The van der Waals surface area contributed by atoms with Crippen molar-refractivity contribution in [2.24, 2.45) is 17.6 Å². The van der Waals surface area contributed by atoms with E-state index >= 15 is 0 Å². The zero-order chi connectivity index (χ0) is 16.2. The van der Waals surface area contributed by atoms with E-state index in [1.54, 1.807) is 0 Å². The maximum atomic E-state index is 12.4. The van der Waals surface area contributed by atoms with Gasteiger partial charge in [0.1, 0.15) is 0 Å². The molecule has 0 radical (unpaired) electrons. The number of hydrogen-bond acceptors (Lipinski definition) is 5. The third-order valence-corrected chi connectivity index (χ3v) is 5.15. The molecule has 23 heavy (non-hydrogen) atoms. The molecule has 2 amide bonds. The standard InChI is InChI=1S/C16H28N4O3/c17-10-14(12-1-2-12)18-16(22)13-9-15(21)20(11-13)4-3-19-5-7-23-8-6-19/h12-14H,1-11,17H2,(H,18,22). The first-order valence-electron chi connectivity index (χ1n) is 8.75. The Morgan fingerprint density at radius 3 is 2.70 bits per heavy atom. The van der Waals surface area contributed by atoms with Gasteiger partial charge in [-0.15, -0.1) is 0 Å². The fourth-order valence-corrected chi connectivity index (χ4v) is 3.42. The summed E-state index contributed by atoms with van der Waals surface area (Å²) in [5.74, 6) is 0.405. The first-order chi connectivity index (χ1) is 11.2. The molecule has 1 saturated carbocycles. The number of rotatable bonds is 7. The van der Waals surface area contributed by atoms with Gasteiger partial charge in [0.15, 0.2) is 0 Å². The monoisotopic (exact) mass is 324 g/mol. The number of nitrogens with two attached hydrogens (primary N) is 1. The summed E-state index contributed by atoms with van der Waals surface area (Å²) in [6.07, 6.45) is 2.63. The lowest BCUT2D eigenvalue weighted by Gasteiger charge is -2.28. The van der Waals surface area contributed by atoms with E-state index in [1.807, 2.05) is 4.90 Å². The van der Waals surface area contributed by atoms with Crippen molar-refractivity contribution < 1.29 is 14.3 Å². The predicted octanol–water partition coefficient (Wildman–Crippen LogP) is -0.979. The quantitative estimate of drug-likeness (QED) is 0.628. The van der Waals surface area contributed by atoms with Crippen LogP contribution in [0.5, 0.6) is 0 Å². The molecular weight excluding hydrogens is 296 g/mol. The van der Waals surface area contributed by atoms with Gasteiger partial charge in [-0.1, -0.05) is 0 Å². The Labute approximate surface area is 137 Å². The van der Waals surface area contributed by atoms with Gasteiger partial charge < -0.3 is 20.7 Å². The van der Waals surface area contributed by atoms with Gasteiger partial charge >= 0.3 is 0 Å². The summed E-state index contributed by atoms with van der Waals surface area (Å²) >= 11 is 0. The Balaban J connectivity index is 1.43. The first-order valence-corrected chi connectivity index (χ1v) is 8.75. The molecule has 2 atom stereocenters. The van der Waals surface area contributed by atoms with Crippen LogP contribution in [-0.2, 0) is 14.3 Å². The van der Waals surface area contributed by atoms with Gasteiger partial charge in [-0.05, 0) is 18.8 Å². The highest BCUT2D eigenvalue weighted by molar-refractivity contribution is 5.89. The minimum atomic E-state index is -0.222. The van der Waals surface area contributed by atoms with Crippen LogP contribution in [0.1, 0.15) is 19.3 Å². The van der Waals surface area contributed by atoms with E-state index in [0.29, 0.717) is 32.0 Å². The highest BCUT2D eigenvalue weighted by Gasteiger charge is 2.37. The van der Waals surface area contributed by atoms with Crippen LogP contribution in [0, 0.1) is 11.8 Å². The van der Waals surface area contributed by atoms with Crippen LogP contribution in [0.2, 0.25) is 0 Å². The Kier molecular flexibility index (Phi) is 5.50. The van der Waals surface area contributed by atoms with Crippen LogP contribution in [0.15, 0.2) is 0 Å². The predicted molar refractivity (Wildman–Crippen MR) is 85.7 cm³/mol. The van der Waals surface area contributed by atoms with Gasteiger partial charge in [0.05, 0.1) is 19.1 Å². The van der Waals surface area contributed by atoms with Crippen molar-refractivity contribution >= 4 is 11.8 Å². The molecule has 7 nitrogen and oxygen atoms in total. The van der Waals surface area contributed by atoms with Crippen LogP contribution < -0.4 is 11.1 Å². The Morgan fingerprint density at radius 1 is 1.30 bits per heavy atom. The van der Waals surface area contributed by atoms with E-state index < -0.39 is 0 Å². The van der Waals surface area contributed by atoms with Crippen molar-refractivity contribution in [3.8, 4) is 0 Å². The first kappa shape index (κ1) is 16.7. The molecule has 3 fully saturated rings. The van der Waals surface area contributed by atoms with Crippen LogP contribution in [0.4, 0.5) is 0 Å². The smallest absolute Gasteiger partial charge is 0.225 e. The maximum Gasteiger partial charge on any atom is 0.225 e. The largest absolute Gasteiger partial charge is 0.379 e. The normalized spacial score (nSPS) is 27.3. The lowest BCUT2D eigenvalue weighted by molar-refractivity contribution is -0.129. The van der Waals surface area contributed by atoms with Crippen molar-refractivity contribution in [1.29, 1.82) is 0 Å². The van der Waals surface area contributed by atoms with Gasteiger partial charge in [0.25, 0.3) is 0 Å². The van der Waals surface area contributed by atoms with Gasteiger partial charge in [-0.25, -0.2) is 0 Å². The second-order valence-electron chi connectivity index (χ2n) is 6.88. The lowest BCUT2D eigenvalue weighted by atomic mass is 10.1. The summed E-state index contributed by atoms with van der Waals surface area (Å²) in [7, 11) is 0. The molecule has 2 saturated heterocycles. The van der Waals surface area contributed by atoms with Crippen molar-refractivity contribution in [3.05, 3.63) is 0 Å². The Bertz CT molecular complexity index is 435. The molecule has 130 valence electrons. The fraction of sp³-hybridized carbons (Fsp3) is 0.875. The number of likely N-dealkylation sites (tertiary alicyclic amines) is 1. The average molecular weight is 324 g/mol. The second kappa shape index (κ2) is 7.59. The summed E-state index contributed by atoms with van der Waals surface area (Å²) in [5.41, 5.74) is 5.74. The molecular formula is C16H28N4O3. The number of morpholine rings is 1. The lowest BCUT2D eigenvalue weighted by Crippen LogP contribution is -2.45. The Morgan fingerprint density at radius 2 is 2.04 bits per heavy atom. The Hall–Kier alpha value is -1.18. The third-order valence-electron chi connectivity index (χ3n) is 5.15. The molecule has 0 bridgehead atoms. The maximum absolute atomic E-state index is 12.4. The molecule has 3 N–H and O–H groups in total. The van der Waals surface area contributed by atoms with Crippen LogP contribution >= 0.6 is 0 Å². The molecule has 0 aromatic rings. The van der Waals surface area contributed by atoms with Gasteiger partial charge in [-0.3, -0.25) is 14.5 Å². The van der Waals surface area contributed by atoms with Crippen LogP contribution in [0.25, 0.3) is 0 Å². The summed E-state index contributed by atoms with van der Waals surface area (Å²) < 4.78 is 5.33. The van der Waals surface area contributed by atoms with Crippen LogP contribution in [0.3, 0.4) is 0 Å². The summed E-state index contributed by atoms with van der Waals surface area (Å²) in [6, 6.07) is 0.0833. The molecule has 2 aliphatic heterocycles. The summed E-state index contributed by atoms with van der Waals surface area (Å²) in [5, 5.41) is 3.05. The summed E-state index contributed by atoms with van der Waals surface area (Å²) in [4.78, 5) is 28.6. The summed E-state index contributed by atoms with van der Waals surface area (Å²) in [6.45, 7) is 5.95. The van der Waals surface area contributed by atoms with Crippen LogP contribution in [-0.4, -0.2) is 80.1 Å². The number of ether oxygens (including phenoxy) is 1. The van der Waals surface area contributed by atoms with E-state index in [-0.39, 0.29) is 23.8 Å². The van der Waals surface area contributed by atoms with E-state index in [1.165, 1.54) is 0 Å². The van der Waals surface area contributed by atoms with E-state index in [4.69, 9.17) is 10.5 Å². The zero-order valence-electron chi connectivity index (χ0n) is 13.7. The number of amides is 2. The van der Waals surface area contributed by atoms with Crippen molar-refractivity contribution in [2.75, 3.05) is 52.5 Å². The van der Waals surface area contributed by atoms with Crippen molar-refractivity contribution in [3.63, 3.8) is 0 Å². The van der Waals surface area contributed by atoms with E-state index in [0.717, 1.165) is 45.7 Å². The molecule has 0 spiro atoms. The molecule has 3 aliphatic rings. The zero-order valence-corrected chi connectivity index (χ0v) is 13.7. The molecule has 0 aromatic carbocycles. The number of nitrogens with one attached hydrogen (secondary N) is 1. The fourth-order valence-electron chi connectivity index (χ4n) is 3.42. The average Bonchev–Trinajstić information content (AvgIpc) is 3.34. The number of carbonyl (C=O) groups excluding carboxylic acids is 2. The molecule has 7 heteroatoms. The second-order valence-corrected chi connectivity index (χ2v) is 6.88. The number of nitrogens with zero attached hydrogens (tertiary/aromatic N) is 2. The molecule has 2 unspecified atom stereocenters. The molecule has 0 aromatic heterocycles. The van der Waals surface area contributed by atoms with Gasteiger partial charge in [0, 0.05) is 51.7 Å². The van der Waals surface area contributed by atoms with Gasteiger partial charge in [-0.2, -0.15) is 0 Å². The number of hydrogen-bond donors (Lipinski definition) is 2. The topological polar surface area (TPSA) is 87.9 Å². The highest BCUT2D eigenvalue weighted by Crippen LogP contribution is 2.32. The highest BCUT2D eigenvalue weighted by atomic mass is 16.5. The van der Waals surface area contributed by atoms with E-state index in [9.17, 15) is 9.59 Å². The van der Waals surface area contributed by atoms with Crippen molar-refractivity contribution in [2.45, 2.75) is 25.3 Å². The van der Waals surface area contributed by atoms with Gasteiger partial charge in [0.2, 0.25) is 11.8 Å². The minimum absolute atomic E-state index is 0.00503. The molecule has 3 rings (SSSR count).